The highest BCUT2D eigenvalue weighted by molar-refractivity contribution is 6.32. The van der Waals surface area contributed by atoms with Crippen LogP contribution in [0.4, 0.5) is 0 Å². The minimum Gasteiger partial charge on any atom is -0.506 e. The van der Waals surface area contributed by atoms with Crippen molar-refractivity contribution >= 4 is 11.6 Å². The minimum atomic E-state index is 0.152. The zero-order valence-corrected chi connectivity index (χ0v) is 12.5. The fourth-order valence-electron chi connectivity index (χ4n) is 2.54. The number of phenols is 1. The SMILES string of the molecule is CC(C)N(Cc1ccc(O)c(Cl)c1)CC1CCCN1. The third-order valence-corrected chi connectivity index (χ3v) is 4.05. The summed E-state index contributed by atoms with van der Waals surface area (Å²) in [6.45, 7) is 7.52. The Morgan fingerprint density at radius 2 is 2.26 bits per heavy atom. The summed E-state index contributed by atoms with van der Waals surface area (Å²) in [6, 6.07) is 6.57. The van der Waals surface area contributed by atoms with Crippen molar-refractivity contribution in [2.45, 2.75) is 45.3 Å². The Labute approximate surface area is 120 Å². The minimum absolute atomic E-state index is 0.152. The van der Waals surface area contributed by atoms with Gasteiger partial charge in [-0.15, -0.1) is 0 Å². The smallest absolute Gasteiger partial charge is 0.134 e. The molecule has 1 aliphatic rings. The van der Waals surface area contributed by atoms with Crippen LogP contribution in [0.15, 0.2) is 18.2 Å². The van der Waals surface area contributed by atoms with E-state index in [1.165, 1.54) is 12.8 Å². The van der Waals surface area contributed by atoms with Crippen molar-refractivity contribution in [3.63, 3.8) is 0 Å². The molecule has 19 heavy (non-hydrogen) atoms. The Morgan fingerprint density at radius 1 is 1.47 bits per heavy atom. The number of nitrogens with one attached hydrogen (secondary N) is 1. The Balaban J connectivity index is 2.00. The van der Waals surface area contributed by atoms with Crippen molar-refractivity contribution in [3.8, 4) is 5.75 Å². The number of nitrogens with zero attached hydrogens (tertiary/aromatic N) is 1. The average Bonchev–Trinajstić information content (AvgIpc) is 2.86. The molecule has 3 nitrogen and oxygen atoms in total. The summed E-state index contributed by atoms with van der Waals surface area (Å²) < 4.78 is 0. The molecule has 1 aromatic carbocycles. The number of hydrogen-bond donors (Lipinski definition) is 2. The van der Waals surface area contributed by atoms with Gasteiger partial charge in [0.2, 0.25) is 0 Å². The Hall–Kier alpha value is -0.770. The van der Waals surface area contributed by atoms with E-state index in [-0.39, 0.29) is 5.75 Å². The standard InChI is InChI=1S/C15H23ClN2O/c1-11(2)18(10-13-4-3-7-17-13)9-12-5-6-15(19)14(16)8-12/h5-6,8,11,13,17,19H,3-4,7,9-10H2,1-2H3. The van der Waals surface area contributed by atoms with Gasteiger partial charge < -0.3 is 10.4 Å². The molecule has 1 heterocycles. The highest BCUT2D eigenvalue weighted by Gasteiger charge is 2.19. The molecule has 1 aliphatic heterocycles. The van der Waals surface area contributed by atoms with Gasteiger partial charge in [-0.3, -0.25) is 4.90 Å². The molecule has 1 fully saturated rings. The van der Waals surface area contributed by atoms with E-state index in [0.29, 0.717) is 17.1 Å². The van der Waals surface area contributed by atoms with Crippen LogP contribution in [0, 0.1) is 0 Å². The van der Waals surface area contributed by atoms with Crippen molar-refractivity contribution in [2.75, 3.05) is 13.1 Å². The number of hydrogen-bond acceptors (Lipinski definition) is 3. The van der Waals surface area contributed by atoms with Crippen LogP contribution in [0.5, 0.6) is 5.75 Å². The summed E-state index contributed by atoms with van der Waals surface area (Å²) in [4.78, 5) is 2.45. The molecule has 0 radical (unpaired) electrons. The van der Waals surface area contributed by atoms with Crippen LogP contribution in [-0.4, -0.2) is 35.2 Å². The van der Waals surface area contributed by atoms with Gasteiger partial charge in [0.1, 0.15) is 5.75 Å². The number of phenolic OH excluding ortho intramolecular Hbond substituents is 1. The molecule has 4 heteroatoms. The van der Waals surface area contributed by atoms with Crippen molar-refractivity contribution in [1.29, 1.82) is 0 Å². The molecule has 1 saturated heterocycles. The first-order chi connectivity index (χ1) is 9.06. The van der Waals surface area contributed by atoms with Crippen LogP contribution in [0.3, 0.4) is 0 Å². The second kappa shape index (κ2) is 6.60. The molecule has 1 unspecified atom stereocenters. The molecule has 0 aliphatic carbocycles. The maximum absolute atomic E-state index is 9.46. The number of rotatable bonds is 5. The van der Waals surface area contributed by atoms with E-state index in [9.17, 15) is 5.11 Å². The molecule has 1 aromatic rings. The normalized spacial score (nSPS) is 19.5. The lowest BCUT2D eigenvalue weighted by Gasteiger charge is -2.29. The van der Waals surface area contributed by atoms with E-state index in [4.69, 9.17) is 11.6 Å². The van der Waals surface area contributed by atoms with Crippen molar-refractivity contribution in [1.82, 2.24) is 10.2 Å². The quantitative estimate of drug-likeness (QED) is 0.871. The average molecular weight is 283 g/mol. The first kappa shape index (κ1) is 14.6. The van der Waals surface area contributed by atoms with Crippen molar-refractivity contribution in [2.24, 2.45) is 0 Å². The Kier molecular flexibility index (Phi) is 5.08. The summed E-state index contributed by atoms with van der Waals surface area (Å²) in [5, 5.41) is 13.4. The fraction of sp³-hybridized carbons (Fsp3) is 0.600. The molecule has 106 valence electrons. The van der Waals surface area contributed by atoms with Crippen LogP contribution < -0.4 is 5.32 Å². The van der Waals surface area contributed by atoms with Crippen molar-refractivity contribution in [3.05, 3.63) is 28.8 Å². The first-order valence-corrected chi connectivity index (χ1v) is 7.39. The number of aromatic hydroxyl groups is 1. The lowest BCUT2D eigenvalue weighted by molar-refractivity contribution is 0.194. The van der Waals surface area contributed by atoms with Gasteiger partial charge in [-0.2, -0.15) is 0 Å². The van der Waals surface area contributed by atoms with Gasteiger partial charge in [-0.25, -0.2) is 0 Å². The van der Waals surface area contributed by atoms with Crippen LogP contribution in [0.25, 0.3) is 0 Å². The predicted molar refractivity (Wildman–Crippen MR) is 79.7 cm³/mol. The Morgan fingerprint density at radius 3 is 2.84 bits per heavy atom. The van der Waals surface area contributed by atoms with Crippen LogP contribution >= 0.6 is 11.6 Å². The van der Waals surface area contributed by atoms with E-state index in [1.54, 1.807) is 6.07 Å². The van der Waals surface area contributed by atoms with Gasteiger partial charge in [0.25, 0.3) is 0 Å². The predicted octanol–water partition coefficient (Wildman–Crippen LogP) is 3.01. The third-order valence-electron chi connectivity index (χ3n) is 3.75. The lowest BCUT2D eigenvalue weighted by Crippen LogP contribution is -2.40. The second-order valence-electron chi connectivity index (χ2n) is 5.60. The summed E-state index contributed by atoms with van der Waals surface area (Å²) >= 11 is 5.97. The van der Waals surface area contributed by atoms with Gasteiger partial charge in [0, 0.05) is 25.2 Å². The maximum Gasteiger partial charge on any atom is 0.134 e. The van der Waals surface area contributed by atoms with E-state index in [2.05, 4.69) is 24.1 Å². The van der Waals surface area contributed by atoms with E-state index >= 15 is 0 Å². The first-order valence-electron chi connectivity index (χ1n) is 7.01. The summed E-state index contributed by atoms with van der Waals surface area (Å²) in [6.07, 6.45) is 2.54. The zero-order valence-electron chi connectivity index (χ0n) is 11.7. The molecule has 2 rings (SSSR count). The molecular weight excluding hydrogens is 260 g/mol. The monoisotopic (exact) mass is 282 g/mol. The fourth-order valence-corrected chi connectivity index (χ4v) is 2.74. The summed E-state index contributed by atoms with van der Waals surface area (Å²) in [7, 11) is 0. The van der Waals surface area contributed by atoms with E-state index in [0.717, 1.165) is 25.2 Å². The van der Waals surface area contributed by atoms with Crippen LogP contribution in [0.2, 0.25) is 5.02 Å². The molecule has 0 amide bonds. The molecule has 0 spiro atoms. The van der Waals surface area contributed by atoms with Gasteiger partial charge in [-0.05, 0) is 50.9 Å². The van der Waals surface area contributed by atoms with Crippen LogP contribution in [0.1, 0.15) is 32.3 Å². The molecule has 2 N–H and O–H groups in total. The molecular formula is C15H23ClN2O. The molecule has 0 aromatic heterocycles. The molecule has 0 saturated carbocycles. The summed E-state index contributed by atoms with van der Waals surface area (Å²) in [5.41, 5.74) is 1.15. The highest BCUT2D eigenvalue weighted by Crippen LogP contribution is 2.24. The third kappa shape index (κ3) is 4.10. The second-order valence-corrected chi connectivity index (χ2v) is 6.01. The van der Waals surface area contributed by atoms with Crippen LogP contribution in [-0.2, 0) is 6.54 Å². The highest BCUT2D eigenvalue weighted by atomic mass is 35.5. The molecule has 0 bridgehead atoms. The maximum atomic E-state index is 9.46. The van der Waals surface area contributed by atoms with E-state index < -0.39 is 0 Å². The van der Waals surface area contributed by atoms with Gasteiger partial charge in [0.15, 0.2) is 0 Å². The number of halogens is 1. The lowest BCUT2D eigenvalue weighted by atomic mass is 10.1. The van der Waals surface area contributed by atoms with Crippen molar-refractivity contribution < 1.29 is 5.11 Å². The zero-order chi connectivity index (χ0) is 13.8. The largest absolute Gasteiger partial charge is 0.506 e. The molecule has 1 atom stereocenters. The summed E-state index contributed by atoms with van der Waals surface area (Å²) in [5.74, 6) is 0.152. The Bertz CT molecular complexity index is 417. The topological polar surface area (TPSA) is 35.5 Å². The van der Waals surface area contributed by atoms with E-state index in [1.807, 2.05) is 12.1 Å². The van der Waals surface area contributed by atoms with Gasteiger partial charge >= 0.3 is 0 Å². The van der Waals surface area contributed by atoms with Gasteiger partial charge in [0.05, 0.1) is 5.02 Å². The number of benzene rings is 1. The van der Waals surface area contributed by atoms with Gasteiger partial charge in [-0.1, -0.05) is 17.7 Å².